The molecule has 0 spiro atoms. The summed E-state index contributed by atoms with van der Waals surface area (Å²) in [6, 6.07) is 6.12. The number of amides is 1. The molecule has 2 atom stereocenters. The van der Waals surface area contributed by atoms with Crippen LogP contribution in [0.4, 0.5) is 0 Å². The predicted molar refractivity (Wildman–Crippen MR) is 93.7 cm³/mol. The summed E-state index contributed by atoms with van der Waals surface area (Å²) in [5.74, 6) is -1.66. The van der Waals surface area contributed by atoms with Crippen LogP contribution in [-0.2, 0) is 19.4 Å². The standard InChI is InChI=1S/C18H23NO6S/c1-12(2)26(23,24)15-6-4-3-5-14(15)16(20)19-9-13-10-25-8-7-18(13,11-19)17(21)22/h3-6,12-13H,7-11H2,1-2H3,(H,21,22)/t13-,18+/m0/s1. The number of carboxylic acid groups (broad SMARTS) is 1. The van der Waals surface area contributed by atoms with E-state index in [2.05, 4.69) is 0 Å². The Hall–Kier alpha value is -1.93. The quantitative estimate of drug-likeness (QED) is 0.847. The van der Waals surface area contributed by atoms with Crippen molar-refractivity contribution in [2.75, 3.05) is 26.3 Å². The third-order valence-corrected chi connectivity index (χ3v) is 7.67. The smallest absolute Gasteiger partial charge is 0.311 e. The fourth-order valence-corrected chi connectivity index (χ4v) is 5.01. The fraction of sp³-hybridized carbons (Fsp3) is 0.556. The Labute approximate surface area is 152 Å². The van der Waals surface area contributed by atoms with E-state index < -0.39 is 32.4 Å². The minimum Gasteiger partial charge on any atom is -0.481 e. The summed E-state index contributed by atoms with van der Waals surface area (Å²) in [4.78, 5) is 26.4. The van der Waals surface area contributed by atoms with E-state index in [1.165, 1.54) is 17.0 Å². The van der Waals surface area contributed by atoms with Gasteiger partial charge in [0.05, 0.1) is 27.7 Å². The lowest BCUT2D eigenvalue weighted by molar-refractivity contribution is -0.157. The van der Waals surface area contributed by atoms with Crippen molar-refractivity contribution >= 4 is 21.7 Å². The summed E-state index contributed by atoms with van der Waals surface area (Å²) >= 11 is 0. The zero-order valence-corrected chi connectivity index (χ0v) is 15.7. The van der Waals surface area contributed by atoms with Crippen molar-refractivity contribution in [2.24, 2.45) is 11.3 Å². The van der Waals surface area contributed by atoms with Gasteiger partial charge < -0.3 is 14.7 Å². The second kappa shape index (κ2) is 6.66. The van der Waals surface area contributed by atoms with Gasteiger partial charge in [0.2, 0.25) is 0 Å². The molecule has 2 aliphatic rings. The Morgan fingerprint density at radius 1 is 1.31 bits per heavy atom. The number of carbonyl (C=O) groups excluding carboxylic acids is 1. The molecule has 2 saturated heterocycles. The van der Waals surface area contributed by atoms with E-state index in [0.717, 1.165) is 0 Å². The van der Waals surface area contributed by atoms with Crippen molar-refractivity contribution in [2.45, 2.75) is 30.4 Å². The molecule has 3 rings (SSSR count). The number of likely N-dealkylation sites (tertiary alicyclic amines) is 1. The van der Waals surface area contributed by atoms with E-state index in [1.807, 2.05) is 0 Å². The molecule has 8 heteroatoms. The first-order chi connectivity index (χ1) is 12.2. The Balaban J connectivity index is 1.96. The SMILES string of the molecule is CC(C)S(=O)(=O)c1ccccc1C(=O)N1C[C@H]2COCC[C@@]2(C(=O)O)C1. The zero-order chi connectivity index (χ0) is 19.1. The van der Waals surface area contributed by atoms with Gasteiger partial charge in [-0.05, 0) is 32.4 Å². The second-order valence-electron chi connectivity index (χ2n) is 7.26. The monoisotopic (exact) mass is 381 g/mol. The molecule has 142 valence electrons. The summed E-state index contributed by atoms with van der Waals surface area (Å²) in [6.45, 7) is 4.10. The van der Waals surface area contributed by atoms with E-state index in [-0.39, 0.29) is 29.5 Å². The van der Waals surface area contributed by atoms with Crippen LogP contribution in [0.15, 0.2) is 29.2 Å². The number of rotatable bonds is 4. The van der Waals surface area contributed by atoms with Crippen LogP contribution in [0.5, 0.6) is 0 Å². The molecule has 1 amide bonds. The Morgan fingerprint density at radius 2 is 2.00 bits per heavy atom. The highest BCUT2D eigenvalue weighted by atomic mass is 32.2. The van der Waals surface area contributed by atoms with Crippen LogP contribution >= 0.6 is 0 Å². The predicted octanol–water partition coefficient (Wildman–Crippen LogP) is 1.43. The molecule has 26 heavy (non-hydrogen) atoms. The van der Waals surface area contributed by atoms with Gasteiger partial charge in [0.25, 0.3) is 5.91 Å². The average molecular weight is 381 g/mol. The van der Waals surface area contributed by atoms with Crippen LogP contribution in [0, 0.1) is 11.3 Å². The van der Waals surface area contributed by atoms with Crippen LogP contribution in [0.25, 0.3) is 0 Å². The summed E-state index contributed by atoms with van der Waals surface area (Å²) in [5, 5.41) is 9.08. The molecule has 2 aliphatic heterocycles. The van der Waals surface area contributed by atoms with E-state index in [4.69, 9.17) is 4.74 Å². The van der Waals surface area contributed by atoms with Gasteiger partial charge >= 0.3 is 5.97 Å². The number of hydrogen-bond donors (Lipinski definition) is 1. The van der Waals surface area contributed by atoms with E-state index in [0.29, 0.717) is 19.6 Å². The molecule has 0 aliphatic carbocycles. The van der Waals surface area contributed by atoms with Crippen molar-refractivity contribution in [3.05, 3.63) is 29.8 Å². The molecule has 0 saturated carbocycles. The average Bonchev–Trinajstić information content (AvgIpc) is 3.02. The normalized spacial score (nSPS) is 26.0. The summed E-state index contributed by atoms with van der Waals surface area (Å²) in [7, 11) is -3.63. The minimum atomic E-state index is -3.63. The largest absolute Gasteiger partial charge is 0.481 e. The molecule has 0 aromatic heterocycles. The fourth-order valence-electron chi connectivity index (χ4n) is 3.77. The van der Waals surface area contributed by atoms with Crippen molar-refractivity contribution in [3.8, 4) is 0 Å². The van der Waals surface area contributed by atoms with Crippen LogP contribution in [0.1, 0.15) is 30.6 Å². The molecule has 0 unspecified atom stereocenters. The molecule has 0 bridgehead atoms. The summed E-state index contributed by atoms with van der Waals surface area (Å²) in [5.41, 5.74) is -0.916. The minimum absolute atomic E-state index is 0.00417. The zero-order valence-electron chi connectivity index (χ0n) is 14.8. The lowest BCUT2D eigenvalue weighted by Crippen LogP contribution is -2.45. The highest BCUT2D eigenvalue weighted by molar-refractivity contribution is 7.92. The van der Waals surface area contributed by atoms with Gasteiger partial charge in [-0.2, -0.15) is 0 Å². The molecule has 7 nitrogen and oxygen atoms in total. The highest BCUT2D eigenvalue weighted by Crippen LogP contribution is 2.43. The maximum atomic E-state index is 13.1. The Morgan fingerprint density at radius 3 is 2.62 bits per heavy atom. The van der Waals surface area contributed by atoms with Gasteiger partial charge in [0, 0.05) is 25.6 Å². The molecule has 2 heterocycles. The number of aliphatic carboxylic acids is 1. The van der Waals surface area contributed by atoms with Gasteiger partial charge in [-0.1, -0.05) is 12.1 Å². The molecular formula is C18H23NO6S. The van der Waals surface area contributed by atoms with Crippen molar-refractivity contribution < 1.29 is 27.9 Å². The molecule has 0 radical (unpaired) electrons. The highest BCUT2D eigenvalue weighted by Gasteiger charge is 2.55. The first-order valence-electron chi connectivity index (χ1n) is 8.63. The second-order valence-corrected chi connectivity index (χ2v) is 9.73. The number of hydrogen-bond acceptors (Lipinski definition) is 5. The van der Waals surface area contributed by atoms with Gasteiger partial charge in [-0.15, -0.1) is 0 Å². The maximum absolute atomic E-state index is 13.1. The number of nitrogens with zero attached hydrogens (tertiary/aromatic N) is 1. The summed E-state index contributed by atoms with van der Waals surface area (Å²) in [6.07, 6.45) is 0.350. The van der Waals surface area contributed by atoms with Crippen LogP contribution in [-0.4, -0.2) is 61.9 Å². The third kappa shape index (κ3) is 2.91. The number of carbonyl (C=O) groups is 2. The molecule has 2 fully saturated rings. The molecule has 1 N–H and O–H groups in total. The topological polar surface area (TPSA) is 101 Å². The first kappa shape index (κ1) is 18.8. The number of carboxylic acids is 1. The van der Waals surface area contributed by atoms with Gasteiger partial charge in [0.1, 0.15) is 0 Å². The van der Waals surface area contributed by atoms with E-state index in [9.17, 15) is 23.1 Å². The van der Waals surface area contributed by atoms with E-state index >= 15 is 0 Å². The van der Waals surface area contributed by atoms with Crippen molar-refractivity contribution in [3.63, 3.8) is 0 Å². The third-order valence-electron chi connectivity index (χ3n) is 5.46. The number of fused-ring (bicyclic) bond motifs is 1. The van der Waals surface area contributed by atoms with Gasteiger partial charge in [0.15, 0.2) is 9.84 Å². The van der Waals surface area contributed by atoms with Gasteiger partial charge in [-0.25, -0.2) is 8.42 Å². The van der Waals surface area contributed by atoms with E-state index in [1.54, 1.807) is 26.0 Å². The van der Waals surface area contributed by atoms with Crippen molar-refractivity contribution in [1.29, 1.82) is 0 Å². The number of benzene rings is 1. The molecular weight excluding hydrogens is 358 g/mol. The first-order valence-corrected chi connectivity index (χ1v) is 10.2. The maximum Gasteiger partial charge on any atom is 0.311 e. The van der Waals surface area contributed by atoms with Crippen LogP contribution in [0.2, 0.25) is 0 Å². The van der Waals surface area contributed by atoms with Gasteiger partial charge in [-0.3, -0.25) is 9.59 Å². The van der Waals surface area contributed by atoms with Crippen LogP contribution < -0.4 is 0 Å². The number of sulfone groups is 1. The lowest BCUT2D eigenvalue weighted by atomic mass is 9.74. The molecule has 1 aromatic carbocycles. The lowest BCUT2D eigenvalue weighted by Gasteiger charge is -2.33. The Bertz CT molecular complexity index is 834. The van der Waals surface area contributed by atoms with Crippen molar-refractivity contribution in [1.82, 2.24) is 4.90 Å². The molecule has 1 aromatic rings. The Kier molecular flexibility index (Phi) is 4.83. The summed E-state index contributed by atoms with van der Waals surface area (Å²) < 4.78 is 30.6. The van der Waals surface area contributed by atoms with Crippen LogP contribution in [0.3, 0.4) is 0 Å². The number of ether oxygens (including phenoxy) is 1.